The molecular formula is C9H18O4Si. The molecule has 14 heavy (non-hydrogen) atoms. The van der Waals surface area contributed by atoms with E-state index in [0.717, 1.165) is 6.04 Å². The number of ether oxygens (including phenoxy) is 2. The van der Waals surface area contributed by atoms with Gasteiger partial charge in [-0.15, -0.1) is 0 Å². The minimum Gasteiger partial charge on any atom is -0.469 e. The summed E-state index contributed by atoms with van der Waals surface area (Å²) in [4.78, 5) is 21.7. The van der Waals surface area contributed by atoms with Crippen LogP contribution in [0.5, 0.6) is 0 Å². The highest BCUT2D eigenvalue weighted by Crippen LogP contribution is 2.07. The number of methoxy groups -OCH3 is 1. The Bertz CT molecular complexity index is 207. The lowest BCUT2D eigenvalue weighted by Gasteiger charge is -2.14. The minimum atomic E-state index is -1.17. The van der Waals surface area contributed by atoms with E-state index in [0.29, 0.717) is 6.61 Å². The first-order valence-corrected chi connectivity index (χ1v) is 8.28. The number of hydrogen-bond acceptors (Lipinski definition) is 4. The van der Waals surface area contributed by atoms with Gasteiger partial charge < -0.3 is 9.47 Å². The van der Waals surface area contributed by atoms with Crippen LogP contribution in [0.15, 0.2) is 0 Å². The first kappa shape index (κ1) is 13.2. The Kier molecular flexibility index (Phi) is 5.45. The monoisotopic (exact) mass is 218 g/mol. The predicted molar refractivity (Wildman–Crippen MR) is 55.7 cm³/mol. The van der Waals surface area contributed by atoms with Crippen LogP contribution in [-0.2, 0) is 19.1 Å². The van der Waals surface area contributed by atoms with E-state index in [-0.39, 0.29) is 6.42 Å². The summed E-state index contributed by atoms with van der Waals surface area (Å²) < 4.78 is 9.22. The number of rotatable bonds is 5. The van der Waals surface area contributed by atoms with Gasteiger partial charge in [-0.1, -0.05) is 19.6 Å². The molecule has 0 fully saturated rings. The van der Waals surface area contributed by atoms with Crippen molar-refractivity contribution in [3.8, 4) is 0 Å². The van der Waals surface area contributed by atoms with Gasteiger partial charge in [-0.25, -0.2) is 0 Å². The van der Waals surface area contributed by atoms with E-state index < -0.39 is 20.0 Å². The summed E-state index contributed by atoms with van der Waals surface area (Å²) in [5.41, 5.74) is 0. The van der Waals surface area contributed by atoms with Crippen LogP contribution in [0.2, 0.25) is 25.7 Å². The Hall–Kier alpha value is -0.843. The predicted octanol–water partition coefficient (Wildman–Crippen LogP) is 1.43. The van der Waals surface area contributed by atoms with Crippen LogP contribution in [0.3, 0.4) is 0 Å². The van der Waals surface area contributed by atoms with Crippen molar-refractivity contribution in [2.24, 2.45) is 0 Å². The maximum atomic E-state index is 11.0. The van der Waals surface area contributed by atoms with E-state index in [1.54, 1.807) is 0 Å². The van der Waals surface area contributed by atoms with Crippen LogP contribution in [0, 0.1) is 0 Å². The van der Waals surface area contributed by atoms with Crippen LogP contribution >= 0.6 is 0 Å². The molecule has 0 N–H and O–H groups in total. The van der Waals surface area contributed by atoms with Crippen LogP contribution in [0.4, 0.5) is 0 Å². The van der Waals surface area contributed by atoms with Gasteiger partial charge in [-0.3, -0.25) is 9.59 Å². The van der Waals surface area contributed by atoms with E-state index in [4.69, 9.17) is 4.74 Å². The standard InChI is InChI=1S/C9H18O4Si/c1-12-8(10)7-9(11)13-5-6-14(2,3)4/h5-7H2,1-4H3. The van der Waals surface area contributed by atoms with Crippen molar-refractivity contribution in [3.63, 3.8) is 0 Å². The number of hydrogen-bond donors (Lipinski definition) is 0. The molecule has 0 aromatic carbocycles. The van der Waals surface area contributed by atoms with Crippen molar-refractivity contribution < 1.29 is 19.1 Å². The average molecular weight is 218 g/mol. The average Bonchev–Trinajstić information content (AvgIpc) is 2.01. The lowest BCUT2D eigenvalue weighted by molar-refractivity contribution is -0.152. The summed E-state index contributed by atoms with van der Waals surface area (Å²) in [7, 11) is 0.0820. The molecule has 0 aromatic rings. The zero-order valence-corrected chi connectivity index (χ0v) is 10.3. The van der Waals surface area contributed by atoms with Crippen molar-refractivity contribution in [3.05, 3.63) is 0 Å². The molecule has 0 radical (unpaired) electrons. The van der Waals surface area contributed by atoms with E-state index in [9.17, 15) is 9.59 Å². The molecule has 0 bridgehead atoms. The van der Waals surface area contributed by atoms with Crippen molar-refractivity contribution in [2.45, 2.75) is 32.1 Å². The fourth-order valence-corrected chi connectivity index (χ4v) is 1.43. The molecular weight excluding hydrogens is 200 g/mol. The second kappa shape index (κ2) is 5.80. The molecule has 0 aliphatic heterocycles. The Balaban J connectivity index is 3.60. The Morgan fingerprint density at radius 1 is 1.14 bits per heavy atom. The Morgan fingerprint density at radius 3 is 2.14 bits per heavy atom. The maximum Gasteiger partial charge on any atom is 0.317 e. The molecule has 0 saturated carbocycles. The molecule has 0 atom stereocenters. The molecule has 0 aliphatic rings. The fraction of sp³-hybridized carbons (Fsp3) is 0.778. The third-order valence-electron chi connectivity index (χ3n) is 1.63. The quantitative estimate of drug-likeness (QED) is 0.398. The number of carbonyl (C=O) groups excluding carboxylic acids is 2. The summed E-state index contributed by atoms with van der Waals surface area (Å²) in [5.74, 6) is -1.06. The minimum absolute atomic E-state index is 0.289. The lowest BCUT2D eigenvalue weighted by atomic mass is 10.4. The third-order valence-corrected chi connectivity index (χ3v) is 3.34. The summed E-state index contributed by atoms with van der Waals surface area (Å²) in [5, 5.41) is 0. The van der Waals surface area contributed by atoms with Gasteiger partial charge in [0.05, 0.1) is 13.7 Å². The van der Waals surface area contributed by atoms with E-state index in [1.165, 1.54) is 7.11 Å². The molecule has 0 heterocycles. The van der Waals surface area contributed by atoms with Crippen molar-refractivity contribution in [1.29, 1.82) is 0 Å². The summed E-state index contributed by atoms with van der Waals surface area (Å²) in [6.07, 6.45) is -0.289. The van der Waals surface area contributed by atoms with Gasteiger partial charge in [-0.2, -0.15) is 0 Å². The van der Waals surface area contributed by atoms with Crippen molar-refractivity contribution >= 4 is 20.0 Å². The van der Waals surface area contributed by atoms with Gasteiger partial charge in [0.2, 0.25) is 0 Å². The van der Waals surface area contributed by atoms with Gasteiger partial charge in [0.15, 0.2) is 0 Å². The smallest absolute Gasteiger partial charge is 0.317 e. The molecule has 0 rings (SSSR count). The summed E-state index contributed by atoms with van der Waals surface area (Å²) >= 11 is 0. The molecule has 0 aromatic heterocycles. The van der Waals surface area contributed by atoms with Gasteiger partial charge in [0, 0.05) is 8.07 Å². The van der Waals surface area contributed by atoms with Crippen LogP contribution in [0.1, 0.15) is 6.42 Å². The highest BCUT2D eigenvalue weighted by molar-refractivity contribution is 6.76. The molecule has 82 valence electrons. The zero-order valence-electron chi connectivity index (χ0n) is 9.25. The van der Waals surface area contributed by atoms with Gasteiger partial charge >= 0.3 is 11.9 Å². The molecule has 0 amide bonds. The number of esters is 2. The Morgan fingerprint density at radius 2 is 1.71 bits per heavy atom. The number of carbonyl (C=O) groups is 2. The summed E-state index contributed by atoms with van der Waals surface area (Å²) in [6.45, 7) is 7.00. The molecule has 0 spiro atoms. The van der Waals surface area contributed by atoms with Gasteiger partial charge in [-0.05, 0) is 6.04 Å². The van der Waals surface area contributed by atoms with E-state index in [1.807, 2.05) is 0 Å². The molecule has 5 heteroatoms. The van der Waals surface area contributed by atoms with E-state index >= 15 is 0 Å². The molecule has 4 nitrogen and oxygen atoms in total. The molecule has 0 aliphatic carbocycles. The highest BCUT2D eigenvalue weighted by Gasteiger charge is 2.15. The molecule has 0 unspecified atom stereocenters. The topological polar surface area (TPSA) is 52.6 Å². The van der Waals surface area contributed by atoms with Gasteiger partial charge in [0.1, 0.15) is 6.42 Å². The first-order valence-electron chi connectivity index (χ1n) is 4.57. The summed E-state index contributed by atoms with van der Waals surface area (Å²) in [6, 6.07) is 0.917. The second-order valence-corrected chi connectivity index (χ2v) is 9.91. The Labute approximate surface area is 85.6 Å². The fourth-order valence-electron chi connectivity index (χ4n) is 0.712. The van der Waals surface area contributed by atoms with Crippen molar-refractivity contribution in [2.75, 3.05) is 13.7 Å². The normalized spacial score (nSPS) is 10.9. The molecule has 0 saturated heterocycles. The van der Waals surface area contributed by atoms with Gasteiger partial charge in [0.25, 0.3) is 0 Å². The highest BCUT2D eigenvalue weighted by atomic mass is 28.3. The largest absolute Gasteiger partial charge is 0.469 e. The SMILES string of the molecule is COC(=O)CC(=O)OCC[Si](C)(C)C. The maximum absolute atomic E-state index is 11.0. The van der Waals surface area contributed by atoms with E-state index in [2.05, 4.69) is 24.4 Å². The lowest BCUT2D eigenvalue weighted by Crippen LogP contribution is -2.23. The van der Waals surface area contributed by atoms with Crippen LogP contribution in [0.25, 0.3) is 0 Å². The second-order valence-electron chi connectivity index (χ2n) is 4.28. The zero-order chi connectivity index (χ0) is 11.2. The van der Waals surface area contributed by atoms with Crippen LogP contribution < -0.4 is 0 Å². The third kappa shape index (κ3) is 7.79. The van der Waals surface area contributed by atoms with Crippen molar-refractivity contribution in [1.82, 2.24) is 0 Å². The first-order chi connectivity index (χ1) is 6.35. The van der Waals surface area contributed by atoms with Crippen LogP contribution in [-0.4, -0.2) is 33.7 Å².